The minimum absolute atomic E-state index is 0.244. The van der Waals surface area contributed by atoms with Crippen LogP contribution in [0.2, 0.25) is 5.02 Å². The first-order chi connectivity index (χ1) is 13.4. The molecule has 0 radical (unpaired) electrons. The summed E-state index contributed by atoms with van der Waals surface area (Å²) in [6.07, 6.45) is 1.53. The Kier molecular flexibility index (Phi) is 5.05. The third-order valence-corrected chi connectivity index (χ3v) is 5.49. The van der Waals surface area contributed by atoms with Crippen molar-refractivity contribution in [3.8, 4) is 5.69 Å². The molecule has 0 saturated carbocycles. The fourth-order valence-electron chi connectivity index (χ4n) is 3.35. The van der Waals surface area contributed by atoms with Crippen molar-refractivity contribution in [2.24, 2.45) is 0 Å². The normalized spacial score (nSPS) is 15.9. The van der Waals surface area contributed by atoms with Crippen molar-refractivity contribution in [2.75, 3.05) is 33.2 Å². The van der Waals surface area contributed by atoms with E-state index in [1.54, 1.807) is 4.68 Å². The Morgan fingerprint density at radius 3 is 2.46 bits per heavy atom. The second-order valence-corrected chi connectivity index (χ2v) is 7.63. The predicted octanol–water partition coefficient (Wildman–Crippen LogP) is 2.58. The Balaban J connectivity index is 1.66. The number of hydrazine groups is 1. The van der Waals surface area contributed by atoms with Crippen molar-refractivity contribution in [3.63, 3.8) is 0 Å². The second-order valence-electron chi connectivity index (χ2n) is 7.25. The van der Waals surface area contributed by atoms with Gasteiger partial charge in [-0.05, 0) is 33.0 Å². The van der Waals surface area contributed by atoms with Gasteiger partial charge in [0.05, 0.1) is 27.4 Å². The van der Waals surface area contributed by atoms with Crippen molar-refractivity contribution in [1.82, 2.24) is 30.1 Å². The smallest absolute Gasteiger partial charge is 0.268 e. The molecule has 28 heavy (non-hydrogen) atoms. The van der Waals surface area contributed by atoms with E-state index in [1.165, 1.54) is 11.8 Å². The number of pyridine rings is 1. The summed E-state index contributed by atoms with van der Waals surface area (Å²) < 4.78 is 1.76. The Labute approximate surface area is 168 Å². The maximum Gasteiger partial charge on any atom is 0.268 e. The van der Waals surface area contributed by atoms with Crippen LogP contribution in [0, 0.1) is 13.8 Å². The number of likely N-dealkylation sites (N-methyl/N-ethyl adjacent to an activating group) is 1. The standard InChI is InChI=1S/C20H23ClN6O/c1-13-4-6-15(7-5-13)27-19-17(14(2)23-27)18(21)16(12-22-19)20(28)24-26-10-8-25(3)9-11-26/h4-7,12H,8-11H2,1-3H3,(H,24,28). The highest BCUT2D eigenvalue weighted by Crippen LogP contribution is 2.30. The van der Waals surface area contributed by atoms with E-state index in [0.717, 1.165) is 37.6 Å². The number of hydrogen-bond donors (Lipinski definition) is 1. The summed E-state index contributed by atoms with van der Waals surface area (Å²) in [5, 5.41) is 7.60. The van der Waals surface area contributed by atoms with Crippen LogP contribution in [0.1, 0.15) is 21.6 Å². The maximum absolute atomic E-state index is 12.8. The summed E-state index contributed by atoms with van der Waals surface area (Å²) in [6, 6.07) is 8.03. The van der Waals surface area contributed by atoms with Crippen molar-refractivity contribution in [2.45, 2.75) is 13.8 Å². The number of halogens is 1. The SMILES string of the molecule is Cc1ccc(-n2nc(C)c3c(Cl)c(C(=O)NN4CCN(C)CC4)cnc32)cc1. The summed E-state index contributed by atoms with van der Waals surface area (Å²) >= 11 is 6.63. The van der Waals surface area contributed by atoms with Gasteiger partial charge in [0.1, 0.15) is 0 Å². The minimum Gasteiger partial charge on any atom is -0.304 e. The fourth-order valence-corrected chi connectivity index (χ4v) is 3.71. The van der Waals surface area contributed by atoms with Gasteiger partial charge in [-0.25, -0.2) is 14.7 Å². The summed E-state index contributed by atoms with van der Waals surface area (Å²) in [7, 11) is 2.07. The Morgan fingerprint density at radius 2 is 1.79 bits per heavy atom. The molecule has 0 unspecified atom stereocenters. The van der Waals surface area contributed by atoms with Gasteiger partial charge in [-0.15, -0.1) is 0 Å². The van der Waals surface area contributed by atoms with Crippen LogP contribution in [0.4, 0.5) is 0 Å². The molecule has 1 fully saturated rings. The van der Waals surface area contributed by atoms with Crippen LogP contribution in [-0.4, -0.2) is 63.8 Å². The lowest BCUT2D eigenvalue weighted by Gasteiger charge is -2.32. The molecule has 1 aliphatic rings. The first-order valence-electron chi connectivity index (χ1n) is 9.29. The molecule has 0 atom stereocenters. The molecule has 146 valence electrons. The quantitative estimate of drug-likeness (QED) is 0.734. The molecule has 1 saturated heterocycles. The van der Waals surface area contributed by atoms with Crippen molar-refractivity contribution in [1.29, 1.82) is 0 Å². The number of benzene rings is 1. The van der Waals surface area contributed by atoms with Gasteiger partial charge in [0.15, 0.2) is 5.65 Å². The average molecular weight is 399 g/mol. The van der Waals surface area contributed by atoms with E-state index >= 15 is 0 Å². The Morgan fingerprint density at radius 1 is 1.11 bits per heavy atom. The first kappa shape index (κ1) is 18.9. The highest BCUT2D eigenvalue weighted by atomic mass is 35.5. The number of nitrogens with zero attached hydrogens (tertiary/aromatic N) is 5. The molecule has 3 aromatic rings. The molecule has 3 heterocycles. The lowest BCUT2D eigenvalue weighted by Crippen LogP contribution is -2.52. The van der Waals surface area contributed by atoms with E-state index in [-0.39, 0.29) is 5.91 Å². The minimum atomic E-state index is -0.244. The summed E-state index contributed by atoms with van der Waals surface area (Å²) in [5.41, 5.74) is 6.76. The summed E-state index contributed by atoms with van der Waals surface area (Å²) in [4.78, 5) is 19.5. The molecule has 0 bridgehead atoms. The molecule has 1 aliphatic heterocycles. The van der Waals surface area contributed by atoms with Gasteiger partial charge < -0.3 is 4.90 Å². The summed E-state index contributed by atoms with van der Waals surface area (Å²) in [5.74, 6) is -0.244. The van der Waals surface area contributed by atoms with Crippen LogP contribution in [0.5, 0.6) is 0 Å². The van der Waals surface area contributed by atoms with Crippen LogP contribution in [0.15, 0.2) is 30.5 Å². The van der Waals surface area contributed by atoms with Crippen LogP contribution < -0.4 is 5.43 Å². The number of rotatable bonds is 3. The summed E-state index contributed by atoms with van der Waals surface area (Å²) in [6.45, 7) is 7.29. The second kappa shape index (κ2) is 7.50. The zero-order valence-electron chi connectivity index (χ0n) is 16.2. The van der Waals surface area contributed by atoms with Gasteiger partial charge in [-0.2, -0.15) is 5.10 Å². The number of nitrogens with one attached hydrogen (secondary N) is 1. The zero-order chi connectivity index (χ0) is 19.8. The van der Waals surface area contributed by atoms with Crippen LogP contribution >= 0.6 is 11.6 Å². The molecule has 1 N–H and O–H groups in total. The van der Waals surface area contributed by atoms with Gasteiger partial charge in [0, 0.05) is 32.4 Å². The number of hydrogen-bond acceptors (Lipinski definition) is 5. The number of carbonyl (C=O) groups excluding carboxylic acids is 1. The van der Waals surface area contributed by atoms with E-state index in [4.69, 9.17) is 11.6 Å². The lowest BCUT2D eigenvalue weighted by atomic mass is 10.2. The van der Waals surface area contributed by atoms with Gasteiger partial charge >= 0.3 is 0 Å². The lowest BCUT2D eigenvalue weighted by molar-refractivity contribution is 0.0662. The molecule has 0 spiro atoms. The predicted molar refractivity (Wildman–Crippen MR) is 110 cm³/mol. The highest BCUT2D eigenvalue weighted by molar-refractivity contribution is 6.38. The van der Waals surface area contributed by atoms with Gasteiger partial charge in [-0.1, -0.05) is 29.3 Å². The topological polar surface area (TPSA) is 66.3 Å². The Bertz CT molecular complexity index is 1020. The van der Waals surface area contributed by atoms with Crippen LogP contribution in [-0.2, 0) is 0 Å². The number of amides is 1. The monoisotopic (exact) mass is 398 g/mol. The van der Waals surface area contributed by atoms with Crippen LogP contribution in [0.25, 0.3) is 16.7 Å². The molecular formula is C20H23ClN6O. The van der Waals surface area contributed by atoms with E-state index < -0.39 is 0 Å². The van der Waals surface area contributed by atoms with E-state index in [1.807, 2.05) is 43.1 Å². The van der Waals surface area contributed by atoms with Crippen molar-refractivity contribution < 1.29 is 4.79 Å². The molecule has 7 nitrogen and oxygen atoms in total. The molecule has 1 aromatic carbocycles. The third-order valence-electron chi connectivity index (χ3n) is 5.09. The maximum atomic E-state index is 12.8. The number of piperazine rings is 1. The van der Waals surface area contributed by atoms with Gasteiger partial charge in [-0.3, -0.25) is 10.2 Å². The number of aromatic nitrogens is 3. The molecule has 0 aliphatic carbocycles. The largest absolute Gasteiger partial charge is 0.304 e. The highest BCUT2D eigenvalue weighted by Gasteiger charge is 2.22. The number of aryl methyl sites for hydroxylation is 2. The number of carbonyl (C=O) groups is 1. The zero-order valence-corrected chi connectivity index (χ0v) is 17.0. The molecule has 4 rings (SSSR count). The van der Waals surface area contributed by atoms with Crippen molar-refractivity contribution in [3.05, 3.63) is 52.3 Å². The number of fused-ring (bicyclic) bond motifs is 1. The third kappa shape index (κ3) is 3.48. The van der Waals surface area contributed by atoms with E-state index in [0.29, 0.717) is 21.6 Å². The molecule has 1 amide bonds. The van der Waals surface area contributed by atoms with Crippen molar-refractivity contribution >= 4 is 28.5 Å². The van der Waals surface area contributed by atoms with Gasteiger partial charge in [0.2, 0.25) is 0 Å². The fraction of sp³-hybridized carbons (Fsp3) is 0.350. The van der Waals surface area contributed by atoms with E-state index in [2.05, 4.69) is 27.5 Å². The Hall–Kier alpha value is -2.48. The molecule has 8 heteroatoms. The van der Waals surface area contributed by atoms with E-state index in [9.17, 15) is 4.79 Å². The first-order valence-corrected chi connectivity index (χ1v) is 9.67. The van der Waals surface area contributed by atoms with Gasteiger partial charge in [0.25, 0.3) is 5.91 Å². The molecular weight excluding hydrogens is 376 g/mol. The van der Waals surface area contributed by atoms with Crippen LogP contribution in [0.3, 0.4) is 0 Å². The average Bonchev–Trinajstić information content (AvgIpc) is 3.02. The molecule has 2 aromatic heterocycles.